The van der Waals surface area contributed by atoms with E-state index in [9.17, 15) is 0 Å². The summed E-state index contributed by atoms with van der Waals surface area (Å²) in [5, 5.41) is 8.61. The van der Waals surface area contributed by atoms with Crippen LogP contribution in [0, 0.1) is 20.8 Å². The summed E-state index contributed by atoms with van der Waals surface area (Å²) in [5.41, 5.74) is 5.46. The Morgan fingerprint density at radius 2 is 1.70 bits per heavy atom. The highest BCUT2D eigenvalue weighted by Gasteiger charge is 2.11. The molecule has 0 saturated heterocycles. The van der Waals surface area contributed by atoms with Gasteiger partial charge in [-0.3, -0.25) is 0 Å². The summed E-state index contributed by atoms with van der Waals surface area (Å²) in [6.07, 6.45) is 1.51. The number of hydrogen-bond acceptors (Lipinski definition) is 5. The first-order valence-electron chi connectivity index (χ1n) is 10.2. The smallest absolute Gasteiger partial charge is 0.191 e. The molecule has 4 aromatic rings. The SMILES string of the molecule is Cc1nc(CCOc2ccc(Cc3c(C)nnn3Cc3ccccc3)cc2)c(C)o1. The molecule has 154 valence electrons. The average molecular weight is 402 g/mol. The fourth-order valence-electron chi connectivity index (χ4n) is 3.49. The van der Waals surface area contributed by atoms with Crippen LogP contribution in [0.2, 0.25) is 0 Å². The minimum atomic E-state index is 0.568. The molecular formula is C24H26N4O2. The zero-order valence-corrected chi connectivity index (χ0v) is 17.6. The summed E-state index contributed by atoms with van der Waals surface area (Å²) < 4.78 is 13.3. The van der Waals surface area contributed by atoms with E-state index in [0.29, 0.717) is 12.5 Å². The number of rotatable bonds is 8. The van der Waals surface area contributed by atoms with Gasteiger partial charge in [-0.25, -0.2) is 9.67 Å². The van der Waals surface area contributed by atoms with E-state index in [1.165, 1.54) is 11.1 Å². The van der Waals surface area contributed by atoms with Crippen molar-refractivity contribution in [2.75, 3.05) is 6.61 Å². The van der Waals surface area contributed by atoms with Crippen molar-refractivity contribution in [2.24, 2.45) is 0 Å². The van der Waals surface area contributed by atoms with Gasteiger partial charge in [-0.15, -0.1) is 5.10 Å². The first-order valence-corrected chi connectivity index (χ1v) is 10.2. The van der Waals surface area contributed by atoms with Crippen LogP contribution in [0.5, 0.6) is 5.75 Å². The Morgan fingerprint density at radius 1 is 0.933 bits per heavy atom. The van der Waals surface area contributed by atoms with E-state index >= 15 is 0 Å². The summed E-state index contributed by atoms with van der Waals surface area (Å²) in [6, 6.07) is 18.5. The monoisotopic (exact) mass is 402 g/mol. The van der Waals surface area contributed by atoms with Crippen molar-refractivity contribution < 1.29 is 9.15 Å². The van der Waals surface area contributed by atoms with Crippen molar-refractivity contribution in [3.05, 3.63) is 94.5 Å². The van der Waals surface area contributed by atoms with Crippen LogP contribution in [0.15, 0.2) is 59.0 Å². The molecule has 6 nitrogen and oxygen atoms in total. The molecule has 0 saturated carbocycles. The standard InChI is InChI=1S/C24H26N4O2/c1-17-24(28(27-26-17)16-21-7-5-4-6-8-21)15-20-9-11-22(12-10-20)29-14-13-23-18(2)30-19(3)25-23/h4-12H,13-16H2,1-3H3. The lowest BCUT2D eigenvalue weighted by Crippen LogP contribution is -2.08. The fraction of sp³-hybridized carbons (Fsp3) is 0.292. The van der Waals surface area contributed by atoms with Gasteiger partial charge in [0.05, 0.1) is 30.2 Å². The Balaban J connectivity index is 1.37. The van der Waals surface area contributed by atoms with Crippen LogP contribution >= 0.6 is 0 Å². The number of nitrogens with zero attached hydrogens (tertiary/aromatic N) is 4. The quantitative estimate of drug-likeness (QED) is 0.436. The Kier molecular flexibility index (Phi) is 5.93. The molecule has 0 aliphatic rings. The number of hydrogen-bond donors (Lipinski definition) is 0. The van der Waals surface area contributed by atoms with Crippen molar-refractivity contribution in [3.63, 3.8) is 0 Å². The Morgan fingerprint density at radius 3 is 2.40 bits per heavy atom. The molecule has 0 aliphatic heterocycles. The van der Waals surface area contributed by atoms with Gasteiger partial charge in [-0.1, -0.05) is 47.7 Å². The molecule has 0 fully saturated rings. The van der Waals surface area contributed by atoms with Gasteiger partial charge in [-0.05, 0) is 37.1 Å². The average Bonchev–Trinajstić information content (AvgIpc) is 3.25. The first-order chi connectivity index (χ1) is 14.6. The molecular weight excluding hydrogens is 376 g/mol. The molecule has 0 spiro atoms. The summed E-state index contributed by atoms with van der Waals surface area (Å²) in [5.74, 6) is 2.41. The van der Waals surface area contributed by atoms with Gasteiger partial charge >= 0.3 is 0 Å². The molecule has 2 aromatic carbocycles. The molecule has 4 rings (SSSR count). The zero-order chi connectivity index (χ0) is 20.9. The number of oxazole rings is 1. The maximum Gasteiger partial charge on any atom is 0.191 e. The third-order valence-electron chi connectivity index (χ3n) is 5.11. The van der Waals surface area contributed by atoms with E-state index in [4.69, 9.17) is 9.15 Å². The molecule has 30 heavy (non-hydrogen) atoms. The molecule has 0 N–H and O–H groups in total. The van der Waals surface area contributed by atoms with Crippen LogP contribution in [0.4, 0.5) is 0 Å². The number of aryl methyl sites for hydroxylation is 3. The van der Waals surface area contributed by atoms with Crippen LogP contribution < -0.4 is 4.74 Å². The predicted octanol–water partition coefficient (Wildman–Crippen LogP) is 4.45. The largest absolute Gasteiger partial charge is 0.493 e. The second kappa shape index (κ2) is 8.95. The van der Waals surface area contributed by atoms with Crippen molar-refractivity contribution in [1.29, 1.82) is 0 Å². The Hall–Kier alpha value is -3.41. The molecule has 0 unspecified atom stereocenters. The van der Waals surface area contributed by atoms with Crippen molar-refractivity contribution in [1.82, 2.24) is 20.0 Å². The second-order valence-corrected chi connectivity index (χ2v) is 7.42. The van der Waals surface area contributed by atoms with Gasteiger partial charge < -0.3 is 9.15 Å². The predicted molar refractivity (Wildman–Crippen MR) is 115 cm³/mol. The minimum absolute atomic E-state index is 0.568. The lowest BCUT2D eigenvalue weighted by Gasteiger charge is -2.09. The molecule has 0 aliphatic carbocycles. The van der Waals surface area contributed by atoms with Crippen molar-refractivity contribution >= 4 is 0 Å². The van der Waals surface area contributed by atoms with Crippen LogP contribution in [0.3, 0.4) is 0 Å². The molecule has 0 amide bonds. The lowest BCUT2D eigenvalue weighted by molar-refractivity contribution is 0.320. The highest BCUT2D eigenvalue weighted by Crippen LogP contribution is 2.18. The summed E-state index contributed by atoms with van der Waals surface area (Å²) in [4.78, 5) is 4.38. The van der Waals surface area contributed by atoms with E-state index in [1.54, 1.807) is 0 Å². The van der Waals surface area contributed by atoms with Gasteiger partial charge in [0.15, 0.2) is 5.89 Å². The normalized spacial score (nSPS) is 11.0. The lowest BCUT2D eigenvalue weighted by atomic mass is 10.1. The Labute approximate surface area is 176 Å². The van der Waals surface area contributed by atoms with Gasteiger partial charge in [-0.2, -0.15) is 0 Å². The maximum absolute atomic E-state index is 5.88. The second-order valence-electron chi connectivity index (χ2n) is 7.42. The summed E-state index contributed by atoms with van der Waals surface area (Å²) in [6.45, 7) is 7.09. The molecule has 0 atom stereocenters. The summed E-state index contributed by atoms with van der Waals surface area (Å²) in [7, 11) is 0. The topological polar surface area (TPSA) is 66.0 Å². The van der Waals surface area contributed by atoms with E-state index in [1.807, 2.05) is 55.8 Å². The maximum atomic E-state index is 5.88. The first kappa shape index (κ1) is 19.9. The van der Waals surface area contributed by atoms with Crippen molar-refractivity contribution in [3.8, 4) is 5.75 Å². The number of benzene rings is 2. The minimum Gasteiger partial charge on any atom is -0.493 e. The van der Waals surface area contributed by atoms with Gasteiger partial charge in [0.2, 0.25) is 0 Å². The van der Waals surface area contributed by atoms with E-state index in [2.05, 4.69) is 39.6 Å². The van der Waals surface area contributed by atoms with Crippen LogP contribution in [-0.2, 0) is 19.4 Å². The van der Waals surface area contributed by atoms with Crippen LogP contribution in [0.25, 0.3) is 0 Å². The molecule has 6 heteroatoms. The third-order valence-corrected chi connectivity index (χ3v) is 5.11. The number of ether oxygens (including phenoxy) is 1. The van der Waals surface area contributed by atoms with Gasteiger partial charge in [0, 0.05) is 19.8 Å². The zero-order valence-electron chi connectivity index (χ0n) is 17.6. The molecule has 2 heterocycles. The summed E-state index contributed by atoms with van der Waals surface area (Å²) >= 11 is 0. The van der Waals surface area contributed by atoms with Crippen LogP contribution in [0.1, 0.15) is 39.9 Å². The fourth-order valence-corrected chi connectivity index (χ4v) is 3.49. The number of aromatic nitrogens is 4. The van der Waals surface area contributed by atoms with E-state index < -0.39 is 0 Å². The van der Waals surface area contributed by atoms with E-state index in [0.717, 1.165) is 48.0 Å². The molecule has 0 radical (unpaired) electrons. The van der Waals surface area contributed by atoms with Gasteiger partial charge in [0.25, 0.3) is 0 Å². The van der Waals surface area contributed by atoms with E-state index in [-0.39, 0.29) is 0 Å². The van der Waals surface area contributed by atoms with Crippen molar-refractivity contribution in [2.45, 2.75) is 40.2 Å². The van der Waals surface area contributed by atoms with Crippen LogP contribution in [-0.4, -0.2) is 26.6 Å². The molecule has 0 bridgehead atoms. The highest BCUT2D eigenvalue weighted by molar-refractivity contribution is 5.31. The van der Waals surface area contributed by atoms with Gasteiger partial charge in [0.1, 0.15) is 11.5 Å². The Bertz CT molecular complexity index is 1100. The highest BCUT2D eigenvalue weighted by atomic mass is 16.5. The third kappa shape index (κ3) is 4.76. The molecule has 2 aromatic heterocycles.